The van der Waals surface area contributed by atoms with E-state index < -0.39 is 20.9 Å². The fraction of sp³-hybridized carbons (Fsp3) is 0.133. The van der Waals surface area contributed by atoms with Crippen LogP contribution in [-0.2, 0) is 14.8 Å². The smallest absolute Gasteiger partial charge is 0.273 e. The number of carbonyl (C=O) groups excluding carboxylic acids is 1. The molecule has 0 aliphatic heterocycles. The maximum atomic E-state index is 11.9. The normalized spacial score (nSPS) is 10.8. The summed E-state index contributed by atoms with van der Waals surface area (Å²) in [6, 6.07) is 11.6. The van der Waals surface area contributed by atoms with Crippen LogP contribution in [0.25, 0.3) is 0 Å². The number of hydrogen-bond donors (Lipinski definition) is 2. The van der Waals surface area contributed by atoms with E-state index in [4.69, 9.17) is 4.74 Å². The molecule has 0 aromatic heterocycles. The van der Waals surface area contributed by atoms with E-state index in [0.717, 1.165) is 6.26 Å². The highest BCUT2D eigenvalue weighted by Crippen LogP contribution is 2.19. The van der Waals surface area contributed by atoms with Crippen LogP contribution < -0.4 is 14.8 Å². The summed E-state index contributed by atoms with van der Waals surface area (Å²) in [6.07, 6.45) is 1.02. The van der Waals surface area contributed by atoms with Crippen molar-refractivity contribution in [1.29, 1.82) is 0 Å². The standard InChI is InChI=1S/C15H15N3O6S/c1-25(22,23)17-12-5-2-4-11(8-12)16-15(19)10-24-14-7-3-6-13(9-14)18(20)21/h2-9,17H,10H2,1H3,(H,16,19). The number of carbonyl (C=O) groups is 1. The molecule has 0 radical (unpaired) electrons. The molecule has 9 nitrogen and oxygen atoms in total. The number of sulfonamides is 1. The lowest BCUT2D eigenvalue weighted by Gasteiger charge is -2.09. The second kappa shape index (κ2) is 7.62. The van der Waals surface area contributed by atoms with Crippen LogP contribution in [0.15, 0.2) is 48.5 Å². The number of benzene rings is 2. The topological polar surface area (TPSA) is 128 Å². The zero-order valence-electron chi connectivity index (χ0n) is 13.1. The Bertz CT molecular complexity index is 898. The number of ether oxygens (including phenoxy) is 1. The second-order valence-corrected chi connectivity index (χ2v) is 6.79. The van der Waals surface area contributed by atoms with Gasteiger partial charge < -0.3 is 10.1 Å². The summed E-state index contributed by atoms with van der Waals surface area (Å²) in [7, 11) is -3.42. The van der Waals surface area contributed by atoms with Crippen LogP contribution in [0.4, 0.5) is 17.1 Å². The Morgan fingerprint density at radius 2 is 1.84 bits per heavy atom. The van der Waals surface area contributed by atoms with Gasteiger partial charge in [0, 0.05) is 11.8 Å². The summed E-state index contributed by atoms with van der Waals surface area (Å²) in [6.45, 7) is -0.356. The Morgan fingerprint density at radius 3 is 2.52 bits per heavy atom. The molecule has 10 heteroatoms. The van der Waals surface area contributed by atoms with Crippen molar-refractivity contribution >= 4 is 33.0 Å². The Balaban J connectivity index is 1.95. The van der Waals surface area contributed by atoms with Crippen molar-refractivity contribution in [1.82, 2.24) is 0 Å². The van der Waals surface area contributed by atoms with Gasteiger partial charge in [-0.15, -0.1) is 0 Å². The summed E-state index contributed by atoms with van der Waals surface area (Å²) in [4.78, 5) is 22.0. The third-order valence-corrected chi connectivity index (χ3v) is 3.45. The van der Waals surface area contributed by atoms with E-state index in [0.29, 0.717) is 11.4 Å². The highest BCUT2D eigenvalue weighted by Gasteiger charge is 2.09. The molecule has 0 heterocycles. The van der Waals surface area contributed by atoms with Gasteiger partial charge in [-0.3, -0.25) is 19.6 Å². The van der Waals surface area contributed by atoms with E-state index >= 15 is 0 Å². The molecule has 0 unspecified atom stereocenters. The molecule has 1 amide bonds. The predicted molar refractivity (Wildman–Crippen MR) is 92.1 cm³/mol. The molecule has 0 aliphatic carbocycles. The number of hydrogen-bond acceptors (Lipinski definition) is 6. The monoisotopic (exact) mass is 365 g/mol. The van der Waals surface area contributed by atoms with Crippen LogP contribution in [0.5, 0.6) is 5.75 Å². The average molecular weight is 365 g/mol. The Hall–Kier alpha value is -3.14. The quantitative estimate of drug-likeness (QED) is 0.570. The van der Waals surface area contributed by atoms with E-state index in [9.17, 15) is 23.3 Å². The lowest BCUT2D eigenvalue weighted by Crippen LogP contribution is -2.20. The molecule has 2 aromatic rings. The predicted octanol–water partition coefficient (Wildman–Crippen LogP) is 1.98. The third-order valence-electron chi connectivity index (χ3n) is 2.85. The van der Waals surface area contributed by atoms with Gasteiger partial charge in [-0.05, 0) is 24.3 Å². The molecule has 0 fully saturated rings. The van der Waals surface area contributed by atoms with E-state index in [1.807, 2.05) is 0 Å². The Kier molecular flexibility index (Phi) is 5.55. The molecule has 0 aliphatic rings. The number of nitrogens with one attached hydrogen (secondary N) is 2. The van der Waals surface area contributed by atoms with Crippen LogP contribution in [0.1, 0.15) is 0 Å². The molecule has 0 bridgehead atoms. The zero-order valence-corrected chi connectivity index (χ0v) is 13.9. The van der Waals surface area contributed by atoms with Gasteiger partial charge in [0.05, 0.1) is 22.9 Å². The first-order valence-electron chi connectivity index (χ1n) is 6.98. The van der Waals surface area contributed by atoms with Gasteiger partial charge in [-0.2, -0.15) is 0 Å². The van der Waals surface area contributed by atoms with Gasteiger partial charge in [0.25, 0.3) is 11.6 Å². The number of nitro groups is 1. The minimum absolute atomic E-state index is 0.141. The zero-order chi connectivity index (χ0) is 18.4. The molecular formula is C15H15N3O6S. The van der Waals surface area contributed by atoms with Crippen molar-refractivity contribution in [2.75, 3.05) is 22.9 Å². The Morgan fingerprint density at radius 1 is 1.16 bits per heavy atom. The summed E-state index contributed by atoms with van der Waals surface area (Å²) in [5.41, 5.74) is 0.540. The lowest BCUT2D eigenvalue weighted by atomic mass is 10.3. The second-order valence-electron chi connectivity index (χ2n) is 5.05. The van der Waals surface area contributed by atoms with Crippen molar-refractivity contribution in [2.24, 2.45) is 0 Å². The molecule has 25 heavy (non-hydrogen) atoms. The number of non-ortho nitro benzene ring substituents is 1. The molecule has 0 saturated heterocycles. The summed E-state index contributed by atoms with van der Waals surface area (Å²) in [5.74, 6) is -0.306. The van der Waals surface area contributed by atoms with Gasteiger partial charge >= 0.3 is 0 Å². The molecule has 0 saturated carbocycles. The molecule has 2 N–H and O–H groups in total. The maximum Gasteiger partial charge on any atom is 0.273 e. The molecule has 2 rings (SSSR count). The van der Waals surface area contributed by atoms with Crippen LogP contribution in [-0.4, -0.2) is 32.1 Å². The van der Waals surface area contributed by atoms with E-state index in [2.05, 4.69) is 10.0 Å². The summed E-state index contributed by atoms with van der Waals surface area (Å²) in [5, 5.41) is 13.2. The molecule has 0 spiro atoms. The summed E-state index contributed by atoms with van der Waals surface area (Å²) < 4.78 is 29.9. The minimum Gasteiger partial charge on any atom is -0.484 e. The number of amides is 1. The van der Waals surface area contributed by atoms with Crippen LogP contribution in [0.3, 0.4) is 0 Å². The highest BCUT2D eigenvalue weighted by molar-refractivity contribution is 7.92. The van der Waals surface area contributed by atoms with Crippen molar-refractivity contribution in [3.05, 3.63) is 58.6 Å². The number of anilines is 2. The van der Waals surface area contributed by atoms with E-state index in [1.54, 1.807) is 12.1 Å². The van der Waals surface area contributed by atoms with Gasteiger partial charge in [0.15, 0.2) is 6.61 Å². The van der Waals surface area contributed by atoms with Crippen molar-refractivity contribution < 1.29 is 22.9 Å². The van der Waals surface area contributed by atoms with Crippen molar-refractivity contribution in [2.45, 2.75) is 0 Å². The average Bonchev–Trinajstić information content (AvgIpc) is 2.52. The third kappa shape index (κ3) is 6.11. The molecule has 132 valence electrons. The fourth-order valence-corrected chi connectivity index (χ4v) is 2.46. The van der Waals surface area contributed by atoms with Crippen molar-refractivity contribution in [3.63, 3.8) is 0 Å². The maximum absolute atomic E-state index is 11.9. The SMILES string of the molecule is CS(=O)(=O)Nc1cccc(NC(=O)COc2cccc([N+](=O)[O-])c2)c1. The number of nitro benzene ring substituents is 1. The lowest BCUT2D eigenvalue weighted by molar-refractivity contribution is -0.384. The van der Waals surface area contributed by atoms with Gasteiger partial charge in [0.2, 0.25) is 10.0 Å². The first kappa shape index (κ1) is 18.2. The van der Waals surface area contributed by atoms with Gasteiger partial charge in [0.1, 0.15) is 5.75 Å². The van der Waals surface area contributed by atoms with E-state index in [1.165, 1.54) is 36.4 Å². The number of rotatable bonds is 7. The first-order chi connectivity index (χ1) is 11.7. The van der Waals surface area contributed by atoms with Crippen molar-refractivity contribution in [3.8, 4) is 5.75 Å². The first-order valence-corrected chi connectivity index (χ1v) is 8.87. The fourth-order valence-electron chi connectivity index (χ4n) is 1.91. The van der Waals surface area contributed by atoms with Crippen LogP contribution in [0.2, 0.25) is 0 Å². The van der Waals surface area contributed by atoms with Crippen LogP contribution >= 0.6 is 0 Å². The highest BCUT2D eigenvalue weighted by atomic mass is 32.2. The van der Waals surface area contributed by atoms with Gasteiger partial charge in [-0.25, -0.2) is 8.42 Å². The van der Waals surface area contributed by atoms with E-state index in [-0.39, 0.29) is 18.0 Å². The van der Waals surface area contributed by atoms with Crippen LogP contribution in [0, 0.1) is 10.1 Å². The number of nitrogens with zero attached hydrogens (tertiary/aromatic N) is 1. The molecule has 0 atom stereocenters. The van der Waals surface area contributed by atoms with Gasteiger partial charge in [-0.1, -0.05) is 12.1 Å². The summed E-state index contributed by atoms with van der Waals surface area (Å²) >= 11 is 0. The Labute approximate surface area is 143 Å². The largest absolute Gasteiger partial charge is 0.484 e. The minimum atomic E-state index is -3.42. The molecule has 2 aromatic carbocycles. The molecular weight excluding hydrogens is 350 g/mol.